The van der Waals surface area contributed by atoms with E-state index in [2.05, 4.69) is 40.3 Å². The third kappa shape index (κ3) is 3.97. The second kappa shape index (κ2) is 6.86. The molecule has 4 rings (SSSR count). The van der Waals surface area contributed by atoms with Crippen molar-refractivity contribution in [2.24, 2.45) is 10.9 Å². The standard InChI is InChI=1S/C21H21F3N2/c22-21(23,24)20-9-8-18(26-20)12-17-7-6-14(13-25-17)10-16-11-19(16)15-4-2-1-3-5-15/h1-7,13,16,18-19H,8-12H2. The van der Waals surface area contributed by atoms with Gasteiger partial charge in [-0.25, -0.2) is 0 Å². The zero-order chi connectivity index (χ0) is 18.1. The van der Waals surface area contributed by atoms with E-state index in [1.807, 2.05) is 18.3 Å². The lowest BCUT2D eigenvalue weighted by Gasteiger charge is -2.07. The highest BCUT2D eigenvalue weighted by atomic mass is 19.4. The van der Waals surface area contributed by atoms with Gasteiger partial charge in [-0.2, -0.15) is 13.2 Å². The van der Waals surface area contributed by atoms with Gasteiger partial charge in [0.05, 0.1) is 6.04 Å². The Labute approximate surface area is 151 Å². The summed E-state index contributed by atoms with van der Waals surface area (Å²) in [7, 11) is 0. The normalized spacial score (nSPS) is 25.2. The fourth-order valence-electron chi connectivity index (χ4n) is 3.84. The molecule has 3 unspecified atom stereocenters. The molecule has 1 aliphatic carbocycles. The van der Waals surface area contributed by atoms with Crippen LogP contribution < -0.4 is 0 Å². The number of halogens is 3. The molecule has 3 atom stereocenters. The molecule has 1 aromatic carbocycles. The molecule has 2 heterocycles. The van der Waals surface area contributed by atoms with Crippen LogP contribution in [0, 0.1) is 5.92 Å². The number of rotatable bonds is 5. The number of benzene rings is 1. The molecule has 2 nitrogen and oxygen atoms in total. The molecule has 0 spiro atoms. The fraction of sp³-hybridized carbons (Fsp3) is 0.429. The van der Waals surface area contributed by atoms with Gasteiger partial charge < -0.3 is 0 Å². The molecule has 0 saturated heterocycles. The molecule has 0 bridgehead atoms. The number of aliphatic imine (C=N–C) groups is 1. The Hall–Kier alpha value is -2.17. The van der Waals surface area contributed by atoms with Gasteiger partial charge in [-0.05, 0) is 54.7 Å². The summed E-state index contributed by atoms with van der Waals surface area (Å²) < 4.78 is 38.0. The third-order valence-electron chi connectivity index (χ3n) is 5.36. The van der Waals surface area contributed by atoms with Crippen molar-refractivity contribution in [2.75, 3.05) is 0 Å². The molecule has 1 fully saturated rings. The first-order valence-electron chi connectivity index (χ1n) is 9.11. The maximum absolute atomic E-state index is 12.7. The van der Waals surface area contributed by atoms with Crippen LogP contribution in [-0.2, 0) is 12.8 Å². The lowest BCUT2D eigenvalue weighted by atomic mass is 10.0. The molecule has 0 amide bonds. The predicted octanol–water partition coefficient (Wildman–Crippen LogP) is 5.14. The van der Waals surface area contributed by atoms with E-state index in [0.717, 1.165) is 12.1 Å². The summed E-state index contributed by atoms with van der Waals surface area (Å²) >= 11 is 0. The molecule has 1 aromatic heterocycles. The van der Waals surface area contributed by atoms with Crippen LogP contribution in [0.5, 0.6) is 0 Å². The first kappa shape index (κ1) is 17.3. The van der Waals surface area contributed by atoms with Crippen LogP contribution in [0.2, 0.25) is 0 Å². The van der Waals surface area contributed by atoms with Crippen molar-refractivity contribution in [3.8, 4) is 0 Å². The van der Waals surface area contributed by atoms with E-state index < -0.39 is 11.9 Å². The first-order valence-corrected chi connectivity index (χ1v) is 9.11. The number of hydrogen-bond donors (Lipinski definition) is 0. The highest BCUT2D eigenvalue weighted by molar-refractivity contribution is 5.91. The van der Waals surface area contributed by atoms with Crippen molar-refractivity contribution < 1.29 is 13.2 Å². The maximum Gasteiger partial charge on any atom is 0.429 e. The lowest BCUT2D eigenvalue weighted by molar-refractivity contribution is -0.0599. The van der Waals surface area contributed by atoms with Crippen molar-refractivity contribution >= 4 is 5.71 Å². The van der Waals surface area contributed by atoms with Gasteiger partial charge in [0.1, 0.15) is 5.71 Å². The van der Waals surface area contributed by atoms with Crippen molar-refractivity contribution in [3.05, 3.63) is 65.5 Å². The van der Waals surface area contributed by atoms with Gasteiger partial charge in [0, 0.05) is 18.3 Å². The minimum atomic E-state index is -4.29. The largest absolute Gasteiger partial charge is 0.429 e. The molecule has 2 aromatic rings. The maximum atomic E-state index is 12.7. The highest BCUT2D eigenvalue weighted by Gasteiger charge is 2.39. The predicted molar refractivity (Wildman–Crippen MR) is 95.4 cm³/mol. The van der Waals surface area contributed by atoms with Crippen LogP contribution in [0.1, 0.15) is 42.0 Å². The van der Waals surface area contributed by atoms with Gasteiger partial charge >= 0.3 is 6.18 Å². The van der Waals surface area contributed by atoms with E-state index in [1.54, 1.807) is 0 Å². The van der Waals surface area contributed by atoms with Crippen molar-refractivity contribution in [2.45, 2.75) is 50.2 Å². The van der Waals surface area contributed by atoms with Crippen molar-refractivity contribution in [1.82, 2.24) is 4.98 Å². The van der Waals surface area contributed by atoms with Gasteiger partial charge in [0.15, 0.2) is 0 Å². The second-order valence-electron chi connectivity index (χ2n) is 7.35. The smallest absolute Gasteiger partial charge is 0.281 e. The molecule has 1 saturated carbocycles. The Morgan fingerprint density at radius 1 is 1.00 bits per heavy atom. The van der Waals surface area contributed by atoms with Crippen LogP contribution in [0.25, 0.3) is 0 Å². The minimum Gasteiger partial charge on any atom is -0.281 e. The summed E-state index contributed by atoms with van der Waals surface area (Å²) in [6.45, 7) is 0. The van der Waals surface area contributed by atoms with Crippen LogP contribution in [0.15, 0.2) is 53.7 Å². The molecule has 26 heavy (non-hydrogen) atoms. The number of hydrogen-bond acceptors (Lipinski definition) is 2. The molecule has 2 aliphatic rings. The van der Waals surface area contributed by atoms with E-state index in [-0.39, 0.29) is 12.5 Å². The van der Waals surface area contributed by atoms with Crippen molar-refractivity contribution in [3.63, 3.8) is 0 Å². The molecular weight excluding hydrogens is 337 g/mol. The second-order valence-corrected chi connectivity index (χ2v) is 7.35. The Kier molecular flexibility index (Phi) is 4.55. The molecule has 1 aliphatic heterocycles. The highest BCUT2D eigenvalue weighted by Crippen LogP contribution is 2.49. The summed E-state index contributed by atoms with van der Waals surface area (Å²) in [5.41, 5.74) is 2.80. The molecule has 0 radical (unpaired) electrons. The van der Waals surface area contributed by atoms with Crippen LogP contribution in [0.3, 0.4) is 0 Å². The average molecular weight is 358 g/mol. The van der Waals surface area contributed by atoms with Gasteiger partial charge in [0.2, 0.25) is 0 Å². The molecule has 5 heteroatoms. The van der Waals surface area contributed by atoms with Gasteiger partial charge in [-0.1, -0.05) is 36.4 Å². The SMILES string of the molecule is FC(F)(F)C1=NC(Cc2ccc(CC3CC3c3ccccc3)cn2)CC1. The number of aromatic nitrogens is 1. The average Bonchev–Trinajstić information content (AvgIpc) is 3.22. The fourth-order valence-corrected chi connectivity index (χ4v) is 3.84. The van der Waals surface area contributed by atoms with Crippen LogP contribution in [-0.4, -0.2) is 22.9 Å². The lowest BCUT2D eigenvalue weighted by Crippen LogP contribution is -2.20. The first-order chi connectivity index (χ1) is 12.5. The van der Waals surface area contributed by atoms with E-state index in [1.165, 1.54) is 17.5 Å². The molecular formula is C21H21F3N2. The Balaban J connectivity index is 1.32. The van der Waals surface area contributed by atoms with Gasteiger partial charge in [-0.15, -0.1) is 0 Å². The monoisotopic (exact) mass is 358 g/mol. The summed E-state index contributed by atoms with van der Waals surface area (Å²) in [5, 5.41) is 0. The van der Waals surface area contributed by atoms with Crippen molar-refractivity contribution in [1.29, 1.82) is 0 Å². The zero-order valence-electron chi connectivity index (χ0n) is 14.4. The van der Waals surface area contributed by atoms with E-state index in [4.69, 9.17) is 0 Å². The quantitative estimate of drug-likeness (QED) is 0.727. The van der Waals surface area contributed by atoms with Crippen LogP contribution in [0.4, 0.5) is 13.2 Å². The van der Waals surface area contributed by atoms with Gasteiger partial charge in [0.25, 0.3) is 0 Å². The third-order valence-corrected chi connectivity index (χ3v) is 5.36. The zero-order valence-corrected chi connectivity index (χ0v) is 14.4. The topological polar surface area (TPSA) is 25.2 Å². The van der Waals surface area contributed by atoms with Crippen LogP contribution >= 0.6 is 0 Å². The Morgan fingerprint density at radius 3 is 2.46 bits per heavy atom. The Bertz CT molecular complexity index is 781. The van der Waals surface area contributed by atoms with E-state index >= 15 is 0 Å². The Morgan fingerprint density at radius 2 is 1.81 bits per heavy atom. The summed E-state index contributed by atoms with van der Waals surface area (Å²) in [4.78, 5) is 8.29. The summed E-state index contributed by atoms with van der Waals surface area (Å²) in [6, 6.07) is 14.3. The number of nitrogens with zero attached hydrogens (tertiary/aromatic N) is 2. The van der Waals surface area contributed by atoms with E-state index in [9.17, 15) is 13.2 Å². The van der Waals surface area contributed by atoms with Gasteiger partial charge in [-0.3, -0.25) is 9.98 Å². The number of alkyl halides is 3. The minimum absolute atomic E-state index is 0.0226. The molecule has 0 N–H and O–H groups in total. The summed E-state index contributed by atoms with van der Waals surface area (Å²) in [5.74, 6) is 1.31. The number of pyridine rings is 1. The van der Waals surface area contributed by atoms with E-state index in [0.29, 0.717) is 24.7 Å². The summed E-state index contributed by atoms with van der Waals surface area (Å²) in [6.07, 6.45) is 0.768. The molecule has 136 valence electrons.